The number of methoxy groups -OCH3 is 1. The van der Waals surface area contributed by atoms with Crippen LogP contribution in [0.3, 0.4) is 0 Å². The van der Waals surface area contributed by atoms with Gasteiger partial charge in [-0.25, -0.2) is 0 Å². The van der Waals surface area contributed by atoms with Crippen molar-refractivity contribution in [2.75, 3.05) is 20.2 Å². The van der Waals surface area contributed by atoms with Gasteiger partial charge < -0.3 is 15.8 Å². The van der Waals surface area contributed by atoms with Gasteiger partial charge >= 0.3 is 0 Å². The lowest BCUT2D eigenvalue weighted by Gasteiger charge is -2.15. The third-order valence-electron chi connectivity index (χ3n) is 2.92. The molecule has 0 heterocycles. The molecule has 3 N–H and O–H groups in total. The summed E-state index contributed by atoms with van der Waals surface area (Å²) >= 11 is 0. The minimum absolute atomic E-state index is 0.111. The Morgan fingerprint density at radius 1 is 1.44 bits per heavy atom. The zero-order valence-corrected chi connectivity index (χ0v) is 10.8. The fraction of sp³-hybridized carbons (Fsp3) is 0.917. The molecule has 2 unspecified atom stereocenters. The number of carbonyl (C=O) groups is 1. The molecule has 0 radical (unpaired) electrons. The largest absolute Gasteiger partial charge is 0.382 e. The molecule has 0 bridgehead atoms. The lowest BCUT2D eigenvalue weighted by atomic mass is 10.0. The Kier molecular flexibility index (Phi) is 9.24. The van der Waals surface area contributed by atoms with E-state index in [2.05, 4.69) is 12.2 Å². The van der Waals surface area contributed by atoms with Gasteiger partial charge in [-0.3, -0.25) is 4.79 Å². The Balaban J connectivity index is 3.62. The molecule has 0 saturated heterocycles. The van der Waals surface area contributed by atoms with Crippen molar-refractivity contribution in [3.63, 3.8) is 0 Å². The Bertz CT molecular complexity index is 186. The van der Waals surface area contributed by atoms with E-state index >= 15 is 0 Å². The smallest absolute Gasteiger partial charge is 0.220 e. The minimum atomic E-state index is 0.111. The molecule has 0 aromatic heterocycles. The van der Waals surface area contributed by atoms with Gasteiger partial charge in [0.2, 0.25) is 5.91 Å². The van der Waals surface area contributed by atoms with Gasteiger partial charge in [-0.15, -0.1) is 0 Å². The van der Waals surface area contributed by atoms with Gasteiger partial charge in [0, 0.05) is 20.1 Å². The second-order valence-electron chi connectivity index (χ2n) is 4.24. The fourth-order valence-corrected chi connectivity index (χ4v) is 1.48. The molecule has 0 spiro atoms. The van der Waals surface area contributed by atoms with Crippen LogP contribution < -0.4 is 11.1 Å². The number of hydrogen-bond acceptors (Lipinski definition) is 3. The van der Waals surface area contributed by atoms with Crippen molar-refractivity contribution >= 4 is 5.91 Å². The first kappa shape index (κ1) is 15.4. The lowest BCUT2D eigenvalue weighted by Crippen LogP contribution is -2.30. The summed E-state index contributed by atoms with van der Waals surface area (Å²) in [6.45, 7) is 5.53. The lowest BCUT2D eigenvalue weighted by molar-refractivity contribution is -0.121. The molecule has 0 saturated carbocycles. The summed E-state index contributed by atoms with van der Waals surface area (Å²) < 4.78 is 5.09. The molecule has 0 aromatic rings. The summed E-state index contributed by atoms with van der Waals surface area (Å²) in [5.74, 6) is 0.619. The van der Waals surface area contributed by atoms with E-state index in [1.165, 1.54) is 0 Å². The van der Waals surface area contributed by atoms with Crippen molar-refractivity contribution in [2.45, 2.75) is 45.6 Å². The van der Waals surface area contributed by atoms with Gasteiger partial charge in [0.1, 0.15) is 0 Å². The molecular weight excluding hydrogens is 204 g/mol. The Morgan fingerprint density at radius 2 is 2.12 bits per heavy atom. The summed E-state index contributed by atoms with van der Waals surface area (Å²) in [6, 6.07) is 0. The highest BCUT2D eigenvalue weighted by atomic mass is 16.5. The second-order valence-corrected chi connectivity index (χ2v) is 4.24. The number of ether oxygens (including phenoxy) is 1. The average molecular weight is 230 g/mol. The van der Waals surface area contributed by atoms with Crippen molar-refractivity contribution in [1.82, 2.24) is 5.32 Å². The molecule has 0 aromatic carbocycles. The summed E-state index contributed by atoms with van der Waals surface area (Å²) in [4.78, 5) is 11.5. The molecule has 2 atom stereocenters. The molecule has 4 nitrogen and oxygen atoms in total. The van der Waals surface area contributed by atoms with E-state index in [0.717, 1.165) is 25.8 Å². The third-order valence-corrected chi connectivity index (χ3v) is 2.92. The van der Waals surface area contributed by atoms with E-state index in [1.807, 2.05) is 6.92 Å². The van der Waals surface area contributed by atoms with Gasteiger partial charge in [-0.1, -0.05) is 13.3 Å². The highest BCUT2D eigenvalue weighted by molar-refractivity contribution is 5.75. The maximum atomic E-state index is 11.5. The summed E-state index contributed by atoms with van der Waals surface area (Å²) in [6.07, 6.45) is 3.50. The average Bonchev–Trinajstić information content (AvgIpc) is 2.31. The Hall–Kier alpha value is -0.610. The van der Waals surface area contributed by atoms with Gasteiger partial charge in [-0.2, -0.15) is 0 Å². The number of nitrogens with one attached hydrogen (secondary N) is 1. The zero-order valence-electron chi connectivity index (χ0n) is 10.8. The quantitative estimate of drug-likeness (QED) is 0.627. The number of carbonyl (C=O) groups excluding carboxylic acids is 1. The highest BCUT2D eigenvalue weighted by Crippen LogP contribution is 2.05. The summed E-state index contributed by atoms with van der Waals surface area (Å²) in [7, 11) is 1.66. The van der Waals surface area contributed by atoms with E-state index in [1.54, 1.807) is 7.11 Å². The molecule has 4 heteroatoms. The van der Waals surface area contributed by atoms with Crippen molar-refractivity contribution < 1.29 is 9.53 Å². The molecule has 96 valence electrons. The third kappa shape index (κ3) is 7.65. The maximum Gasteiger partial charge on any atom is 0.220 e. The van der Waals surface area contributed by atoms with E-state index in [-0.39, 0.29) is 12.0 Å². The van der Waals surface area contributed by atoms with Crippen LogP contribution in [0.15, 0.2) is 0 Å². The summed E-state index contributed by atoms with van der Waals surface area (Å²) in [5.41, 5.74) is 5.50. The van der Waals surface area contributed by atoms with Crippen LogP contribution in [0.25, 0.3) is 0 Å². The van der Waals surface area contributed by atoms with E-state index in [9.17, 15) is 4.79 Å². The first-order valence-corrected chi connectivity index (χ1v) is 6.13. The van der Waals surface area contributed by atoms with Gasteiger partial charge in [0.15, 0.2) is 0 Å². The van der Waals surface area contributed by atoms with Crippen LogP contribution in [0, 0.1) is 5.92 Å². The number of hydrogen-bond donors (Lipinski definition) is 2. The molecular formula is C12H26N2O2. The van der Waals surface area contributed by atoms with Crippen molar-refractivity contribution in [3.8, 4) is 0 Å². The molecule has 0 rings (SSSR count). The van der Waals surface area contributed by atoms with Gasteiger partial charge in [-0.05, 0) is 32.2 Å². The standard InChI is InChI=1S/C12H26N2O2/c1-4-11(7-8-13)9-14-12(15)6-5-10(2)16-3/h10-11H,4-9,13H2,1-3H3,(H,14,15). The van der Waals surface area contributed by atoms with E-state index < -0.39 is 0 Å². The molecule has 0 fully saturated rings. The van der Waals surface area contributed by atoms with Crippen molar-refractivity contribution in [2.24, 2.45) is 11.7 Å². The second kappa shape index (κ2) is 9.60. The van der Waals surface area contributed by atoms with Gasteiger partial charge in [0.25, 0.3) is 0 Å². The van der Waals surface area contributed by atoms with Crippen LogP contribution in [0.5, 0.6) is 0 Å². The van der Waals surface area contributed by atoms with Crippen LogP contribution >= 0.6 is 0 Å². The predicted octanol–water partition coefficient (Wildman–Crippen LogP) is 1.29. The molecule has 0 aliphatic heterocycles. The van der Waals surface area contributed by atoms with E-state index in [4.69, 9.17) is 10.5 Å². The first-order chi connectivity index (χ1) is 7.63. The van der Waals surface area contributed by atoms with Crippen LogP contribution in [0.1, 0.15) is 39.5 Å². The van der Waals surface area contributed by atoms with Crippen molar-refractivity contribution in [3.05, 3.63) is 0 Å². The molecule has 0 aliphatic carbocycles. The Morgan fingerprint density at radius 3 is 2.62 bits per heavy atom. The zero-order chi connectivity index (χ0) is 12.4. The minimum Gasteiger partial charge on any atom is -0.382 e. The van der Waals surface area contributed by atoms with Crippen LogP contribution in [0.2, 0.25) is 0 Å². The normalized spacial score (nSPS) is 14.5. The first-order valence-electron chi connectivity index (χ1n) is 6.13. The molecule has 16 heavy (non-hydrogen) atoms. The highest BCUT2D eigenvalue weighted by Gasteiger charge is 2.09. The van der Waals surface area contributed by atoms with Gasteiger partial charge in [0.05, 0.1) is 6.10 Å². The Labute approximate surface area is 98.9 Å². The monoisotopic (exact) mass is 230 g/mol. The van der Waals surface area contributed by atoms with Crippen molar-refractivity contribution in [1.29, 1.82) is 0 Å². The number of amides is 1. The number of rotatable bonds is 9. The fourth-order valence-electron chi connectivity index (χ4n) is 1.48. The van der Waals surface area contributed by atoms with Crippen LogP contribution in [-0.4, -0.2) is 32.2 Å². The summed E-state index contributed by atoms with van der Waals surface area (Å²) in [5, 5.41) is 2.95. The van der Waals surface area contributed by atoms with Crippen LogP contribution in [-0.2, 0) is 9.53 Å². The SMILES string of the molecule is CCC(CCN)CNC(=O)CCC(C)OC. The number of nitrogens with two attached hydrogens (primary N) is 1. The molecule has 0 aliphatic rings. The van der Waals surface area contributed by atoms with Crippen LogP contribution in [0.4, 0.5) is 0 Å². The molecule has 1 amide bonds. The topological polar surface area (TPSA) is 64.3 Å². The predicted molar refractivity (Wildman–Crippen MR) is 66.2 cm³/mol. The maximum absolute atomic E-state index is 11.5. The van der Waals surface area contributed by atoms with E-state index in [0.29, 0.717) is 18.9 Å².